The molecule has 1 heterocycles. The number of hydrogen-bond donors (Lipinski definition) is 5. The van der Waals surface area contributed by atoms with Crippen molar-refractivity contribution < 1.29 is 39.8 Å². The van der Waals surface area contributed by atoms with Gasteiger partial charge in [-0.3, -0.25) is 4.79 Å². The topological polar surface area (TPSA) is 137 Å². The molecule has 2 fully saturated rings. The van der Waals surface area contributed by atoms with Crippen molar-refractivity contribution in [1.82, 2.24) is 0 Å². The third kappa shape index (κ3) is 4.42. The van der Waals surface area contributed by atoms with Crippen LogP contribution in [0.3, 0.4) is 0 Å². The minimum atomic E-state index is -1.51. The predicted octanol–water partition coefficient (Wildman–Crippen LogP) is -0.496. The Balaban J connectivity index is 2.08. The standard InChI is InChI=1S/C19H32O8/c1-10-7-12(21)8-18(3,4)19(10,25)6-5-11(2)26-17-16(24)15(23)14(22)13(9-20)27-17/h5-6,10-11,13-17,20,22-25H,7-9H2,1-4H3/t10-,11+,13-,14-,15+,16-,17-,19-/m1/s1. The Kier molecular flexibility index (Phi) is 6.85. The molecule has 5 N–H and O–H groups in total. The first-order valence-electron chi connectivity index (χ1n) is 9.32. The van der Waals surface area contributed by atoms with E-state index in [9.17, 15) is 30.3 Å². The Morgan fingerprint density at radius 2 is 1.89 bits per heavy atom. The first-order chi connectivity index (χ1) is 12.4. The summed E-state index contributed by atoms with van der Waals surface area (Å²) in [6.45, 7) is 6.65. The van der Waals surface area contributed by atoms with Gasteiger partial charge in [0.15, 0.2) is 6.29 Å². The van der Waals surface area contributed by atoms with Gasteiger partial charge in [-0.2, -0.15) is 0 Å². The normalized spacial score (nSPS) is 43.8. The fourth-order valence-electron chi connectivity index (χ4n) is 3.98. The number of aliphatic hydroxyl groups excluding tert-OH is 4. The molecule has 0 unspecified atom stereocenters. The summed E-state index contributed by atoms with van der Waals surface area (Å²) in [5, 5.41) is 50.1. The Morgan fingerprint density at radius 3 is 2.44 bits per heavy atom. The van der Waals surface area contributed by atoms with Crippen LogP contribution in [-0.4, -0.2) is 80.3 Å². The van der Waals surface area contributed by atoms with Crippen LogP contribution in [0.4, 0.5) is 0 Å². The maximum absolute atomic E-state index is 11.9. The van der Waals surface area contributed by atoms with Crippen molar-refractivity contribution in [3.05, 3.63) is 12.2 Å². The van der Waals surface area contributed by atoms with Crippen molar-refractivity contribution in [1.29, 1.82) is 0 Å². The first-order valence-corrected chi connectivity index (χ1v) is 9.32. The molecule has 2 aliphatic rings. The van der Waals surface area contributed by atoms with Crippen LogP contribution in [0.1, 0.15) is 40.5 Å². The van der Waals surface area contributed by atoms with E-state index in [0.29, 0.717) is 6.42 Å². The zero-order valence-electron chi connectivity index (χ0n) is 16.3. The highest BCUT2D eigenvalue weighted by atomic mass is 16.7. The van der Waals surface area contributed by atoms with Gasteiger partial charge in [-0.15, -0.1) is 0 Å². The number of Topliss-reactive ketones (excluding diaryl/α,β-unsaturated/α-hetero) is 1. The lowest BCUT2D eigenvalue weighted by atomic mass is 9.60. The van der Waals surface area contributed by atoms with E-state index in [0.717, 1.165) is 0 Å². The number of carbonyl (C=O) groups is 1. The van der Waals surface area contributed by atoms with Crippen LogP contribution in [0.25, 0.3) is 0 Å². The minimum Gasteiger partial charge on any atom is -0.394 e. The zero-order valence-corrected chi connectivity index (χ0v) is 16.3. The molecule has 0 bridgehead atoms. The fourth-order valence-corrected chi connectivity index (χ4v) is 3.98. The molecular formula is C19H32O8. The van der Waals surface area contributed by atoms with Gasteiger partial charge in [0.1, 0.15) is 30.2 Å². The van der Waals surface area contributed by atoms with E-state index >= 15 is 0 Å². The van der Waals surface area contributed by atoms with Crippen molar-refractivity contribution in [3.8, 4) is 0 Å². The Bertz CT molecular complexity index is 560. The summed E-state index contributed by atoms with van der Waals surface area (Å²) in [4.78, 5) is 11.9. The molecule has 1 aliphatic carbocycles. The summed E-state index contributed by atoms with van der Waals surface area (Å²) in [7, 11) is 0. The van der Waals surface area contributed by atoms with E-state index in [-0.39, 0.29) is 18.1 Å². The van der Waals surface area contributed by atoms with Crippen molar-refractivity contribution in [2.24, 2.45) is 11.3 Å². The van der Waals surface area contributed by atoms with Gasteiger partial charge in [0.2, 0.25) is 0 Å². The van der Waals surface area contributed by atoms with E-state index in [4.69, 9.17) is 9.47 Å². The maximum Gasteiger partial charge on any atom is 0.187 e. The second kappa shape index (κ2) is 8.24. The van der Waals surface area contributed by atoms with Gasteiger partial charge in [-0.25, -0.2) is 0 Å². The van der Waals surface area contributed by atoms with Gasteiger partial charge in [0.25, 0.3) is 0 Å². The molecule has 2 rings (SSSR count). The molecule has 1 saturated heterocycles. The summed E-state index contributed by atoms with van der Waals surface area (Å²) in [5.74, 6) is -0.138. The van der Waals surface area contributed by atoms with Crippen LogP contribution in [0.15, 0.2) is 12.2 Å². The van der Waals surface area contributed by atoms with Crippen LogP contribution in [0.2, 0.25) is 0 Å². The number of ether oxygens (including phenoxy) is 2. The molecule has 8 atom stereocenters. The molecular weight excluding hydrogens is 356 g/mol. The van der Waals surface area contributed by atoms with Crippen LogP contribution < -0.4 is 0 Å². The third-order valence-electron chi connectivity index (χ3n) is 5.83. The van der Waals surface area contributed by atoms with Crippen LogP contribution in [0.5, 0.6) is 0 Å². The summed E-state index contributed by atoms with van der Waals surface area (Å²) in [5.41, 5.74) is -1.84. The predicted molar refractivity (Wildman–Crippen MR) is 95.6 cm³/mol. The molecule has 0 radical (unpaired) electrons. The molecule has 27 heavy (non-hydrogen) atoms. The average molecular weight is 388 g/mol. The van der Waals surface area contributed by atoms with Gasteiger partial charge >= 0.3 is 0 Å². The Hall–Kier alpha value is -0.870. The number of ketones is 1. The Labute approximate surface area is 159 Å². The number of aliphatic hydroxyl groups is 5. The monoisotopic (exact) mass is 388 g/mol. The van der Waals surface area contributed by atoms with Crippen molar-refractivity contribution >= 4 is 5.78 Å². The van der Waals surface area contributed by atoms with E-state index in [1.54, 1.807) is 19.1 Å². The largest absolute Gasteiger partial charge is 0.394 e. The van der Waals surface area contributed by atoms with Crippen LogP contribution >= 0.6 is 0 Å². The fraction of sp³-hybridized carbons (Fsp3) is 0.842. The lowest BCUT2D eigenvalue weighted by Crippen LogP contribution is -2.59. The second-order valence-corrected chi connectivity index (χ2v) is 8.43. The molecule has 0 aromatic carbocycles. The van der Waals surface area contributed by atoms with E-state index in [1.165, 1.54) is 0 Å². The van der Waals surface area contributed by atoms with Gasteiger partial charge in [0.05, 0.1) is 18.3 Å². The van der Waals surface area contributed by atoms with Crippen LogP contribution in [0, 0.1) is 11.3 Å². The minimum absolute atomic E-state index is 0.121. The molecule has 8 nitrogen and oxygen atoms in total. The molecule has 1 saturated carbocycles. The van der Waals surface area contributed by atoms with E-state index in [2.05, 4.69) is 0 Å². The summed E-state index contributed by atoms with van der Waals surface area (Å²) >= 11 is 0. The molecule has 0 aromatic rings. The SMILES string of the molecule is C[C@@H]1CC(=O)CC(C)(C)[C@@]1(O)C=C[C@H](C)O[C@@H]1O[C@H](CO)[C@@H](O)[C@H](O)[C@H]1O. The highest BCUT2D eigenvalue weighted by Crippen LogP contribution is 2.46. The molecule has 0 spiro atoms. The van der Waals surface area contributed by atoms with Crippen molar-refractivity contribution in [2.75, 3.05) is 6.61 Å². The van der Waals surface area contributed by atoms with Gasteiger partial charge in [-0.1, -0.05) is 32.9 Å². The van der Waals surface area contributed by atoms with Crippen molar-refractivity contribution in [2.45, 2.75) is 82.9 Å². The first kappa shape index (κ1) is 22.4. The number of carbonyl (C=O) groups excluding carboxylic acids is 1. The van der Waals surface area contributed by atoms with Crippen molar-refractivity contribution in [3.63, 3.8) is 0 Å². The maximum atomic E-state index is 11.9. The second-order valence-electron chi connectivity index (χ2n) is 8.43. The highest BCUT2D eigenvalue weighted by Gasteiger charge is 2.50. The lowest BCUT2D eigenvalue weighted by molar-refractivity contribution is -0.306. The molecule has 1 aliphatic heterocycles. The van der Waals surface area contributed by atoms with E-state index < -0.39 is 54.4 Å². The van der Waals surface area contributed by atoms with Gasteiger partial charge < -0.3 is 35.0 Å². The molecule has 0 amide bonds. The average Bonchev–Trinajstić information content (AvgIpc) is 2.58. The van der Waals surface area contributed by atoms with E-state index in [1.807, 2.05) is 20.8 Å². The molecule has 0 aromatic heterocycles. The molecule has 8 heteroatoms. The highest BCUT2D eigenvalue weighted by molar-refractivity contribution is 5.81. The molecule has 156 valence electrons. The zero-order chi connectivity index (χ0) is 20.6. The third-order valence-corrected chi connectivity index (χ3v) is 5.83. The van der Waals surface area contributed by atoms with Crippen LogP contribution in [-0.2, 0) is 14.3 Å². The lowest BCUT2D eigenvalue weighted by Gasteiger charge is -2.48. The van der Waals surface area contributed by atoms with Gasteiger partial charge in [0, 0.05) is 18.3 Å². The quantitative estimate of drug-likeness (QED) is 0.398. The summed E-state index contributed by atoms with van der Waals surface area (Å²) < 4.78 is 10.9. The van der Waals surface area contributed by atoms with Gasteiger partial charge in [-0.05, 0) is 12.8 Å². The summed E-state index contributed by atoms with van der Waals surface area (Å²) in [6.07, 6.45) is -3.51. The Morgan fingerprint density at radius 1 is 1.26 bits per heavy atom. The summed E-state index contributed by atoms with van der Waals surface area (Å²) in [6, 6.07) is 0. The number of hydrogen-bond acceptors (Lipinski definition) is 8. The number of rotatable bonds is 5. The smallest absolute Gasteiger partial charge is 0.187 e.